The summed E-state index contributed by atoms with van der Waals surface area (Å²) in [4.78, 5) is 12.8. The maximum absolute atomic E-state index is 11.7. The molecule has 0 aliphatic rings. The van der Waals surface area contributed by atoms with E-state index in [1.54, 1.807) is 0 Å². The third-order valence-corrected chi connectivity index (χ3v) is 1.17. The predicted molar refractivity (Wildman–Crippen MR) is 37.5 cm³/mol. The first-order valence-corrected chi connectivity index (χ1v) is 3.14. The monoisotopic (exact) mass is 190 g/mol. The second-order valence-electron chi connectivity index (χ2n) is 1.98. The minimum atomic E-state index is -3.08. The lowest BCUT2D eigenvalue weighted by Crippen LogP contribution is -2.04. The quantitative estimate of drug-likeness (QED) is 0.536. The summed E-state index contributed by atoms with van der Waals surface area (Å²) >= 11 is 0. The smallest absolute Gasteiger partial charge is 0.387 e. The minimum absolute atomic E-state index is 0.491. The van der Waals surface area contributed by atoms with Gasteiger partial charge in [-0.05, 0) is 0 Å². The van der Waals surface area contributed by atoms with Gasteiger partial charge in [0.05, 0.1) is 4.92 Å². The van der Waals surface area contributed by atoms with Crippen LogP contribution in [0, 0.1) is 10.1 Å². The Balaban J connectivity index is 2.98. The summed E-state index contributed by atoms with van der Waals surface area (Å²) in [6.45, 7) is -3.08. The molecule has 0 fully saturated rings. The number of hydrogen-bond acceptors (Lipinski definition) is 4. The summed E-state index contributed by atoms with van der Waals surface area (Å²) in [6.07, 6.45) is 1.97. The average Bonchev–Trinajstić information content (AvgIpc) is 2.03. The van der Waals surface area contributed by atoms with Crippen LogP contribution in [0.5, 0.6) is 5.75 Å². The van der Waals surface area contributed by atoms with Gasteiger partial charge < -0.3 is 4.74 Å². The molecule has 0 N–H and O–H groups in total. The van der Waals surface area contributed by atoms with Crippen molar-refractivity contribution in [2.45, 2.75) is 6.61 Å². The average molecular weight is 190 g/mol. The first-order chi connectivity index (χ1) is 6.11. The molecule has 5 nitrogen and oxygen atoms in total. The van der Waals surface area contributed by atoms with Gasteiger partial charge in [-0.1, -0.05) is 0 Å². The largest absolute Gasteiger partial charge is 0.427 e. The zero-order chi connectivity index (χ0) is 9.84. The molecule has 0 aliphatic heterocycles. The molecule has 0 saturated carbocycles. The van der Waals surface area contributed by atoms with Gasteiger partial charge >= 0.3 is 12.3 Å². The van der Waals surface area contributed by atoms with E-state index < -0.39 is 23.0 Å². The summed E-state index contributed by atoms with van der Waals surface area (Å²) in [7, 11) is 0. The van der Waals surface area contributed by atoms with Crippen LogP contribution >= 0.6 is 0 Å². The number of nitro groups is 1. The van der Waals surface area contributed by atoms with Gasteiger partial charge in [0.1, 0.15) is 6.20 Å². The van der Waals surface area contributed by atoms with Crippen LogP contribution in [-0.4, -0.2) is 16.5 Å². The van der Waals surface area contributed by atoms with Crippen molar-refractivity contribution in [3.05, 3.63) is 28.6 Å². The van der Waals surface area contributed by atoms with Crippen molar-refractivity contribution in [3.63, 3.8) is 0 Å². The van der Waals surface area contributed by atoms with Crippen molar-refractivity contribution in [3.8, 4) is 5.75 Å². The van der Waals surface area contributed by atoms with Crippen LogP contribution in [0.25, 0.3) is 0 Å². The van der Waals surface area contributed by atoms with Crippen LogP contribution in [0.1, 0.15) is 0 Å². The van der Waals surface area contributed by atoms with Crippen LogP contribution < -0.4 is 4.74 Å². The van der Waals surface area contributed by atoms with E-state index in [1.165, 1.54) is 0 Å². The van der Waals surface area contributed by atoms with Gasteiger partial charge in [-0.25, -0.2) is 0 Å². The van der Waals surface area contributed by atoms with Crippen molar-refractivity contribution in [1.82, 2.24) is 4.98 Å². The van der Waals surface area contributed by atoms with Crippen molar-refractivity contribution in [1.29, 1.82) is 0 Å². The minimum Gasteiger partial charge on any atom is -0.427 e. The fourth-order valence-corrected chi connectivity index (χ4v) is 0.706. The Kier molecular flexibility index (Phi) is 2.68. The lowest BCUT2D eigenvalue weighted by atomic mass is 10.4. The molecule has 0 saturated heterocycles. The normalized spacial score (nSPS) is 10.1. The Bertz CT molecular complexity index is 319. The highest BCUT2D eigenvalue weighted by Gasteiger charge is 2.17. The number of nitrogens with zero attached hydrogens (tertiary/aromatic N) is 2. The molecule has 7 heteroatoms. The molecule has 70 valence electrons. The molecule has 1 heterocycles. The van der Waals surface area contributed by atoms with Crippen LogP contribution in [-0.2, 0) is 0 Å². The Morgan fingerprint density at radius 1 is 1.62 bits per heavy atom. The maximum atomic E-state index is 11.7. The van der Waals surface area contributed by atoms with E-state index in [0.717, 1.165) is 18.5 Å². The lowest BCUT2D eigenvalue weighted by Gasteiger charge is -2.02. The summed E-state index contributed by atoms with van der Waals surface area (Å²) in [5.74, 6) is -0.491. The summed E-state index contributed by atoms with van der Waals surface area (Å²) in [6, 6.07) is 1.00. The van der Waals surface area contributed by atoms with Gasteiger partial charge in [-0.3, -0.25) is 15.1 Å². The molecular weight excluding hydrogens is 186 g/mol. The molecule has 0 amide bonds. The molecule has 0 atom stereocenters. The van der Waals surface area contributed by atoms with E-state index >= 15 is 0 Å². The van der Waals surface area contributed by atoms with Gasteiger partial charge in [0.15, 0.2) is 0 Å². The van der Waals surface area contributed by atoms with Crippen LogP contribution in [0.3, 0.4) is 0 Å². The first kappa shape index (κ1) is 9.30. The summed E-state index contributed by atoms with van der Waals surface area (Å²) in [5, 5.41) is 10.2. The fourth-order valence-electron chi connectivity index (χ4n) is 0.706. The second-order valence-corrected chi connectivity index (χ2v) is 1.98. The number of alkyl halides is 2. The van der Waals surface area contributed by atoms with Crippen molar-refractivity contribution in [2.24, 2.45) is 0 Å². The topological polar surface area (TPSA) is 65.3 Å². The van der Waals surface area contributed by atoms with Crippen LogP contribution in [0.15, 0.2) is 18.5 Å². The fraction of sp³-hybridized carbons (Fsp3) is 0.167. The molecular formula is C6H4F2N2O3. The van der Waals surface area contributed by atoms with E-state index in [0.29, 0.717) is 0 Å². The molecule has 0 aromatic carbocycles. The number of hydrogen-bond donors (Lipinski definition) is 0. The molecule has 13 heavy (non-hydrogen) atoms. The van der Waals surface area contributed by atoms with Crippen LogP contribution in [0.4, 0.5) is 14.5 Å². The Hall–Kier alpha value is -1.79. The Morgan fingerprint density at radius 2 is 2.31 bits per heavy atom. The molecule has 0 aliphatic carbocycles. The van der Waals surface area contributed by atoms with Gasteiger partial charge in [0.2, 0.25) is 5.75 Å². The second kappa shape index (κ2) is 3.74. The van der Waals surface area contributed by atoms with E-state index in [9.17, 15) is 18.9 Å². The number of rotatable bonds is 3. The van der Waals surface area contributed by atoms with E-state index in [4.69, 9.17) is 0 Å². The third kappa shape index (κ3) is 2.32. The van der Waals surface area contributed by atoms with Crippen molar-refractivity contribution in [2.75, 3.05) is 0 Å². The van der Waals surface area contributed by atoms with Gasteiger partial charge in [-0.15, -0.1) is 0 Å². The number of ether oxygens (including phenoxy) is 1. The zero-order valence-corrected chi connectivity index (χ0v) is 6.18. The molecule has 0 bridgehead atoms. The molecule has 1 aromatic heterocycles. The molecule has 0 radical (unpaired) electrons. The van der Waals surface area contributed by atoms with Gasteiger partial charge in [0, 0.05) is 12.3 Å². The molecule has 0 unspecified atom stereocenters. The van der Waals surface area contributed by atoms with E-state index in [1.807, 2.05) is 0 Å². The molecule has 1 rings (SSSR count). The van der Waals surface area contributed by atoms with Crippen molar-refractivity contribution >= 4 is 5.69 Å². The standard InChI is InChI=1S/C6H4F2N2O3/c7-6(8)13-5-1-2-9-3-4(5)10(11)12/h1-3,6H. The maximum Gasteiger partial charge on any atom is 0.387 e. The van der Waals surface area contributed by atoms with E-state index in [2.05, 4.69) is 9.72 Å². The van der Waals surface area contributed by atoms with E-state index in [-0.39, 0.29) is 0 Å². The van der Waals surface area contributed by atoms with Gasteiger partial charge in [0.25, 0.3) is 0 Å². The first-order valence-electron chi connectivity index (χ1n) is 3.14. The van der Waals surface area contributed by atoms with Crippen molar-refractivity contribution < 1.29 is 18.4 Å². The highest BCUT2D eigenvalue weighted by atomic mass is 19.3. The number of aromatic nitrogens is 1. The summed E-state index contributed by atoms with van der Waals surface area (Å²) < 4.78 is 27.3. The highest BCUT2D eigenvalue weighted by Crippen LogP contribution is 2.25. The highest BCUT2D eigenvalue weighted by molar-refractivity contribution is 5.42. The number of halogens is 2. The lowest BCUT2D eigenvalue weighted by molar-refractivity contribution is -0.386. The zero-order valence-electron chi connectivity index (χ0n) is 6.18. The molecule has 1 aromatic rings. The third-order valence-electron chi connectivity index (χ3n) is 1.17. The Labute approximate surface area is 71.1 Å². The SMILES string of the molecule is O=[N+]([O-])c1cnccc1OC(F)F. The number of pyridine rings is 1. The van der Waals surface area contributed by atoms with Gasteiger partial charge in [-0.2, -0.15) is 8.78 Å². The Morgan fingerprint density at radius 3 is 2.85 bits per heavy atom. The van der Waals surface area contributed by atoms with Crippen LogP contribution in [0.2, 0.25) is 0 Å². The predicted octanol–water partition coefficient (Wildman–Crippen LogP) is 1.59. The molecule has 0 spiro atoms. The summed E-state index contributed by atoms with van der Waals surface area (Å²) in [5.41, 5.74) is -0.581.